The van der Waals surface area contributed by atoms with Gasteiger partial charge in [0.2, 0.25) is 10.0 Å². The number of amides is 1. The molecule has 3 aromatic rings. The second-order valence-corrected chi connectivity index (χ2v) is 14.7. The fraction of sp³-hybridized carbons (Fsp3) is 0.321. The van der Waals surface area contributed by atoms with E-state index in [-0.39, 0.29) is 46.5 Å². The number of nitrogens with one attached hydrogen (secondary N) is 1. The second-order valence-electron chi connectivity index (χ2n) is 10.1. The fourth-order valence-corrected chi connectivity index (χ4v) is 6.99. The Kier molecular flexibility index (Phi) is 9.75. The molecule has 0 radical (unpaired) electrons. The third kappa shape index (κ3) is 6.85. The van der Waals surface area contributed by atoms with Crippen LogP contribution in [0.2, 0.25) is 10.0 Å². The van der Waals surface area contributed by atoms with Gasteiger partial charge in [-0.05, 0) is 67.6 Å². The molecule has 10 nitrogen and oxygen atoms in total. The van der Waals surface area contributed by atoms with E-state index in [4.69, 9.17) is 27.9 Å². The van der Waals surface area contributed by atoms with E-state index in [1.807, 2.05) is 0 Å². The van der Waals surface area contributed by atoms with E-state index in [2.05, 4.69) is 4.72 Å². The van der Waals surface area contributed by atoms with Gasteiger partial charge >= 0.3 is 0 Å². The van der Waals surface area contributed by atoms with Crippen molar-refractivity contribution in [3.8, 4) is 5.75 Å². The van der Waals surface area contributed by atoms with E-state index >= 15 is 0 Å². The molecule has 14 heteroatoms. The van der Waals surface area contributed by atoms with Crippen LogP contribution in [-0.4, -0.2) is 75.9 Å². The number of aliphatic hydroxyl groups is 1. The van der Waals surface area contributed by atoms with Crippen LogP contribution >= 0.6 is 23.2 Å². The zero-order valence-corrected chi connectivity index (χ0v) is 26.2. The molecule has 0 saturated heterocycles. The number of aliphatic hydroxyl groups excluding tert-OH is 1. The monoisotopic (exact) mass is 655 g/mol. The van der Waals surface area contributed by atoms with Gasteiger partial charge in [0.05, 0.1) is 40.2 Å². The first kappa shape index (κ1) is 32.1. The van der Waals surface area contributed by atoms with Crippen LogP contribution in [0.4, 0.5) is 5.69 Å². The Hall–Kier alpha value is -2.87. The Morgan fingerprint density at radius 3 is 2.14 bits per heavy atom. The van der Waals surface area contributed by atoms with Crippen LogP contribution in [0, 0.1) is 5.92 Å². The molecule has 3 aromatic carbocycles. The van der Waals surface area contributed by atoms with Gasteiger partial charge in [0.15, 0.2) is 5.75 Å². The van der Waals surface area contributed by atoms with Gasteiger partial charge < -0.3 is 14.7 Å². The second kappa shape index (κ2) is 12.8. The molecule has 1 aliphatic rings. The first-order valence-electron chi connectivity index (χ1n) is 13.0. The molecular formula is C28H31Cl2N3O7S2. The van der Waals surface area contributed by atoms with Gasteiger partial charge in [0.25, 0.3) is 15.9 Å². The number of carbonyl (C=O) groups excluding carboxylic acids is 1. The lowest BCUT2D eigenvalue weighted by Gasteiger charge is -2.38. The number of nitrogens with zero attached hydrogens (tertiary/aromatic N) is 2. The van der Waals surface area contributed by atoms with Gasteiger partial charge in [-0.1, -0.05) is 36.2 Å². The predicted molar refractivity (Wildman–Crippen MR) is 161 cm³/mol. The number of hydrogen-bond acceptors (Lipinski definition) is 7. The lowest BCUT2D eigenvalue weighted by molar-refractivity contribution is 0.0389. The summed E-state index contributed by atoms with van der Waals surface area (Å²) in [7, 11) is -6.66. The van der Waals surface area contributed by atoms with Gasteiger partial charge in [-0.15, -0.1) is 0 Å². The van der Waals surface area contributed by atoms with Crippen molar-refractivity contribution in [1.82, 2.24) is 9.21 Å². The van der Waals surface area contributed by atoms with E-state index in [0.717, 1.165) is 4.31 Å². The third-order valence-corrected chi connectivity index (χ3v) is 10.7. The number of carbonyl (C=O) groups is 1. The summed E-state index contributed by atoms with van der Waals surface area (Å²) in [5.41, 5.74) is 0.0569. The zero-order valence-electron chi connectivity index (χ0n) is 23.1. The molecule has 0 spiro atoms. The Morgan fingerprint density at radius 2 is 1.57 bits per heavy atom. The molecule has 0 saturated carbocycles. The fourth-order valence-electron chi connectivity index (χ4n) is 4.50. The average Bonchev–Trinajstić information content (AvgIpc) is 2.95. The first-order chi connectivity index (χ1) is 19.7. The van der Waals surface area contributed by atoms with Crippen molar-refractivity contribution in [3.05, 3.63) is 82.3 Å². The van der Waals surface area contributed by atoms with Crippen LogP contribution in [0.15, 0.2) is 76.5 Å². The highest BCUT2D eigenvalue weighted by Crippen LogP contribution is 2.36. The van der Waals surface area contributed by atoms with E-state index in [9.17, 15) is 26.7 Å². The zero-order chi connectivity index (χ0) is 30.8. The van der Waals surface area contributed by atoms with Crippen LogP contribution in [-0.2, 0) is 20.0 Å². The number of likely N-dealkylation sites (N-methyl/N-ethyl adjacent to an activating group) is 1. The number of halogens is 2. The highest BCUT2D eigenvalue weighted by molar-refractivity contribution is 7.92. The molecule has 1 amide bonds. The number of sulfonamides is 2. The highest BCUT2D eigenvalue weighted by atomic mass is 35.5. The van der Waals surface area contributed by atoms with E-state index in [1.165, 1.54) is 78.7 Å². The Labute approximate surface area is 255 Å². The summed E-state index contributed by atoms with van der Waals surface area (Å²) in [6, 6.07) is 15.2. The van der Waals surface area contributed by atoms with Gasteiger partial charge in [-0.3, -0.25) is 9.52 Å². The number of anilines is 1. The van der Waals surface area contributed by atoms with Crippen LogP contribution in [0.1, 0.15) is 24.2 Å². The molecule has 226 valence electrons. The Balaban J connectivity index is 1.76. The molecule has 3 atom stereocenters. The molecule has 1 aliphatic heterocycles. The van der Waals surface area contributed by atoms with E-state index in [1.54, 1.807) is 13.8 Å². The minimum Gasteiger partial charge on any atom is -0.486 e. The smallest absolute Gasteiger partial charge is 0.262 e. The molecule has 0 unspecified atom stereocenters. The van der Waals surface area contributed by atoms with Gasteiger partial charge in [0.1, 0.15) is 6.10 Å². The molecule has 0 bridgehead atoms. The Bertz CT molecular complexity index is 1650. The molecule has 2 N–H and O–H groups in total. The van der Waals surface area contributed by atoms with Crippen molar-refractivity contribution in [2.75, 3.05) is 31.5 Å². The van der Waals surface area contributed by atoms with Crippen molar-refractivity contribution < 1.29 is 31.5 Å². The quantitative estimate of drug-likeness (QED) is 0.350. The third-order valence-electron chi connectivity index (χ3n) is 7.02. The molecule has 0 fully saturated rings. The summed E-state index contributed by atoms with van der Waals surface area (Å²) >= 11 is 11.9. The first-order valence-corrected chi connectivity index (χ1v) is 16.6. The normalized spacial score (nSPS) is 18.5. The van der Waals surface area contributed by atoms with Crippen molar-refractivity contribution in [1.29, 1.82) is 0 Å². The van der Waals surface area contributed by atoms with Crippen molar-refractivity contribution in [2.45, 2.75) is 35.8 Å². The maximum Gasteiger partial charge on any atom is 0.262 e. The number of para-hydroxylation sites is 1. The lowest BCUT2D eigenvalue weighted by Crippen LogP contribution is -2.50. The van der Waals surface area contributed by atoms with Gasteiger partial charge in [-0.25, -0.2) is 16.8 Å². The molecule has 4 rings (SSSR count). The summed E-state index contributed by atoms with van der Waals surface area (Å²) in [6.45, 7) is 3.20. The molecule has 0 aliphatic carbocycles. The summed E-state index contributed by atoms with van der Waals surface area (Å²) < 4.78 is 63.2. The number of hydrogen-bond donors (Lipinski definition) is 2. The average molecular weight is 657 g/mol. The molecule has 0 aromatic heterocycles. The van der Waals surface area contributed by atoms with Gasteiger partial charge in [-0.2, -0.15) is 4.31 Å². The van der Waals surface area contributed by atoms with E-state index in [0.29, 0.717) is 10.0 Å². The van der Waals surface area contributed by atoms with Crippen LogP contribution < -0.4 is 9.46 Å². The van der Waals surface area contributed by atoms with Crippen LogP contribution in [0.25, 0.3) is 0 Å². The summed E-state index contributed by atoms with van der Waals surface area (Å²) in [5, 5.41) is 10.6. The van der Waals surface area contributed by atoms with E-state index < -0.39 is 44.0 Å². The van der Waals surface area contributed by atoms with Crippen LogP contribution in [0.3, 0.4) is 0 Å². The summed E-state index contributed by atoms with van der Waals surface area (Å²) in [4.78, 5) is 15.1. The van der Waals surface area contributed by atoms with Crippen molar-refractivity contribution in [2.24, 2.45) is 5.92 Å². The number of rotatable bonds is 9. The summed E-state index contributed by atoms with van der Waals surface area (Å²) in [6.07, 6.45) is -0.821. The van der Waals surface area contributed by atoms with Gasteiger partial charge in [0, 0.05) is 29.6 Å². The number of fused-ring (bicyclic) bond motifs is 1. The van der Waals surface area contributed by atoms with Crippen LogP contribution in [0.5, 0.6) is 5.75 Å². The Morgan fingerprint density at radius 1 is 1.00 bits per heavy atom. The molecule has 42 heavy (non-hydrogen) atoms. The standard InChI is InChI=1S/C28H31Cl2N3O7S2/c1-18-15-33(19(2)17-34)28(35)24-5-4-6-25(31-41(36,37)22-11-7-20(29)8-12-22)27(24)40-26(18)16-32(3)42(38,39)23-13-9-21(30)10-14-23/h4-14,18-19,26,31,34H,15-17H2,1-3H3/t18-,19-,26-/m1/s1. The minimum atomic E-state index is -4.12. The minimum absolute atomic E-state index is 0.00490. The topological polar surface area (TPSA) is 133 Å². The predicted octanol–water partition coefficient (Wildman–Crippen LogP) is 4.34. The van der Waals surface area contributed by atoms with Crippen molar-refractivity contribution >= 4 is 54.8 Å². The number of ether oxygens (including phenoxy) is 1. The maximum atomic E-state index is 13.7. The largest absolute Gasteiger partial charge is 0.486 e. The lowest BCUT2D eigenvalue weighted by atomic mass is 9.99. The molecular weight excluding hydrogens is 625 g/mol. The number of benzene rings is 3. The highest BCUT2D eigenvalue weighted by Gasteiger charge is 2.36. The summed E-state index contributed by atoms with van der Waals surface area (Å²) in [5.74, 6) is -0.949. The maximum absolute atomic E-state index is 13.7. The van der Waals surface area contributed by atoms with Crippen molar-refractivity contribution in [3.63, 3.8) is 0 Å². The molecule has 1 heterocycles. The SMILES string of the molecule is C[C@@H]1CN([C@H](C)CO)C(=O)c2cccc(NS(=O)(=O)c3ccc(Cl)cc3)c2O[C@@H]1CN(C)S(=O)(=O)c1ccc(Cl)cc1.